The first kappa shape index (κ1) is 9.46. The normalized spacial score (nSPS) is 27.1. The van der Waals surface area contributed by atoms with Crippen molar-refractivity contribution >= 4 is 10.9 Å². The van der Waals surface area contributed by atoms with Crippen molar-refractivity contribution in [1.82, 2.24) is 4.73 Å². The van der Waals surface area contributed by atoms with Crippen molar-refractivity contribution in [1.29, 1.82) is 0 Å². The standard InChI is InChI=1S/C17H23NO2/c1-16(2)10-17(3,4)15(20-5)13-11-8-6-7-9-12(11)18(19)14(13)16/h6-9,15,19H,10H2,1-5H3/t15-/m1/s1/i5D3,19D. The van der Waals surface area contributed by atoms with Gasteiger partial charge >= 0.3 is 1.43 Å². The fourth-order valence-corrected chi connectivity index (χ4v) is 4.07. The number of hydrogen-bond donors (Lipinski definition) is 1. The SMILES string of the molecule is [2H]On1c2c(c3ccccc31)[C@@H](OC([2H])([2H])[2H])C(C)(C)CC2(C)C. The highest BCUT2D eigenvalue weighted by Crippen LogP contribution is 2.55. The Labute approximate surface area is 125 Å². The minimum absolute atomic E-state index is 0.284. The third-order valence-electron chi connectivity index (χ3n) is 4.50. The molecule has 1 aliphatic carbocycles. The van der Waals surface area contributed by atoms with Gasteiger partial charge < -0.3 is 9.95 Å². The Hall–Kier alpha value is -1.48. The van der Waals surface area contributed by atoms with Crippen LogP contribution in [0.5, 0.6) is 0 Å². The summed E-state index contributed by atoms with van der Waals surface area (Å²) in [6, 6.07) is 7.58. The number of rotatable bonds is 2. The highest BCUT2D eigenvalue weighted by molar-refractivity contribution is 5.86. The van der Waals surface area contributed by atoms with Gasteiger partial charge in [0.2, 0.25) is 0 Å². The fourth-order valence-electron chi connectivity index (χ4n) is 4.07. The minimum Gasteiger partial charge on any atom is -0.428 e. The van der Waals surface area contributed by atoms with E-state index in [1.54, 1.807) is 0 Å². The van der Waals surface area contributed by atoms with Crippen LogP contribution in [-0.2, 0) is 10.2 Å². The van der Waals surface area contributed by atoms with Gasteiger partial charge in [0.15, 0.2) is 0 Å². The smallest absolute Gasteiger partial charge is 0.327 e. The Balaban J connectivity index is 2.37. The number of methoxy groups -OCH3 is 1. The first-order valence-electron chi connectivity index (χ1n) is 8.84. The molecule has 3 heteroatoms. The third-order valence-corrected chi connectivity index (χ3v) is 4.50. The van der Waals surface area contributed by atoms with Crippen LogP contribution in [-0.4, -0.2) is 17.0 Å². The fraction of sp³-hybridized carbons (Fsp3) is 0.529. The maximum absolute atomic E-state index is 7.58. The van der Waals surface area contributed by atoms with Crippen LogP contribution in [0.3, 0.4) is 0 Å². The lowest BCUT2D eigenvalue weighted by Gasteiger charge is -2.45. The average Bonchev–Trinajstić information content (AvgIpc) is 2.76. The maximum atomic E-state index is 7.58. The lowest BCUT2D eigenvalue weighted by molar-refractivity contribution is -0.0256. The molecular formula is C17H23NO2. The molecule has 1 aliphatic rings. The molecule has 1 aromatic carbocycles. The van der Waals surface area contributed by atoms with Crippen molar-refractivity contribution in [2.24, 2.45) is 5.41 Å². The van der Waals surface area contributed by atoms with Crippen molar-refractivity contribution in [3.8, 4) is 0 Å². The van der Waals surface area contributed by atoms with Crippen molar-refractivity contribution < 1.29 is 15.5 Å². The molecule has 20 heavy (non-hydrogen) atoms. The molecule has 1 N–H and O–H groups in total. The number of nitrogens with zero attached hydrogens (tertiary/aromatic N) is 1. The molecule has 1 heterocycles. The molecule has 0 radical (unpaired) electrons. The van der Waals surface area contributed by atoms with Gasteiger partial charge in [0.25, 0.3) is 0 Å². The van der Waals surface area contributed by atoms with Crippen molar-refractivity contribution in [3.05, 3.63) is 35.5 Å². The molecule has 108 valence electrons. The zero-order valence-corrected chi connectivity index (χ0v) is 12.4. The number of aromatic nitrogens is 1. The molecule has 0 bridgehead atoms. The summed E-state index contributed by atoms with van der Waals surface area (Å²) in [6.07, 6.45) is 0.113. The van der Waals surface area contributed by atoms with Gasteiger partial charge in [-0.1, -0.05) is 45.9 Å². The van der Waals surface area contributed by atoms with Crippen LogP contribution in [0.1, 0.15) is 55.6 Å². The molecule has 3 nitrogen and oxygen atoms in total. The van der Waals surface area contributed by atoms with Crippen molar-refractivity contribution in [3.63, 3.8) is 0 Å². The van der Waals surface area contributed by atoms with E-state index in [9.17, 15) is 0 Å². The van der Waals surface area contributed by atoms with Gasteiger partial charge in [-0.3, -0.25) is 0 Å². The predicted molar refractivity (Wildman–Crippen MR) is 80.3 cm³/mol. The Kier molecular flexibility index (Phi) is 1.90. The molecule has 0 saturated carbocycles. The second kappa shape index (κ2) is 4.01. The number of fused-ring (bicyclic) bond motifs is 3. The molecule has 0 amide bonds. The molecule has 0 fully saturated rings. The maximum Gasteiger partial charge on any atom is 0.327 e. The summed E-state index contributed by atoms with van der Waals surface area (Å²) >= 11 is 0. The summed E-state index contributed by atoms with van der Waals surface area (Å²) in [5.41, 5.74) is 1.72. The van der Waals surface area contributed by atoms with Crippen LogP contribution >= 0.6 is 0 Å². The molecule has 0 saturated heterocycles. The van der Waals surface area contributed by atoms with Crippen LogP contribution in [0.25, 0.3) is 10.9 Å². The van der Waals surface area contributed by atoms with E-state index in [0.717, 1.165) is 22.2 Å². The summed E-state index contributed by atoms with van der Waals surface area (Å²) in [5, 5.41) is 5.79. The molecule has 2 aromatic rings. The topological polar surface area (TPSA) is 34.4 Å². The van der Waals surface area contributed by atoms with Crippen LogP contribution in [0.15, 0.2) is 24.3 Å². The van der Waals surface area contributed by atoms with E-state index in [0.29, 0.717) is 6.42 Å². The Morgan fingerprint density at radius 2 is 2.10 bits per heavy atom. The molecule has 0 aliphatic heterocycles. The van der Waals surface area contributed by atoms with Gasteiger partial charge in [-0.05, 0) is 17.9 Å². The number of benzene rings is 1. The molecule has 1 aromatic heterocycles. The summed E-state index contributed by atoms with van der Waals surface area (Å²) in [5.74, 6) is 0. The minimum atomic E-state index is -2.49. The Morgan fingerprint density at radius 3 is 2.80 bits per heavy atom. The largest absolute Gasteiger partial charge is 0.428 e. The van der Waals surface area contributed by atoms with E-state index >= 15 is 0 Å². The third kappa shape index (κ3) is 1.62. The van der Waals surface area contributed by atoms with E-state index in [-0.39, 0.29) is 10.8 Å². The van der Waals surface area contributed by atoms with E-state index in [2.05, 4.69) is 13.8 Å². The molecule has 3 rings (SSSR count). The second-order valence-electron chi connectivity index (χ2n) is 7.12. The van der Waals surface area contributed by atoms with Crippen LogP contribution in [0, 0.1) is 5.41 Å². The van der Waals surface area contributed by atoms with Gasteiger partial charge in [-0.15, -0.1) is 0 Å². The van der Waals surface area contributed by atoms with Gasteiger partial charge in [0.05, 0.1) is 21.4 Å². The van der Waals surface area contributed by atoms with E-state index in [1.165, 1.54) is 4.73 Å². The molecule has 1 atom stereocenters. The zero-order valence-electron chi connectivity index (χ0n) is 16.4. The van der Waals surface area contributed by atoms with Crippen LogP contribution in [0.2, 0.25) is 1.43 Å². The number of hydrogen-bond acceptors (Lipinski definition) is 2. The average molecular weight is 277 g/mol. The first-order valence-corrected chi connectivity index (χ1v) is 6.93. The van der Waals surface area contributed by atoms with Crippen molar-refractivity contribution in [2.45, 2.75) is 45.6 Å². The van der Waals surface area contributed by atoms with Crippen molar-refractivity contribution in [2.75, 3.05) is 7.04 Å². The Morgan fingerprint density at radius 1 is 1.35 bits per heavy atom. The van der Waals surface area contributed by atoms with E-state index < -0.39 is 13.1 Å². The molecule has 0 unspecified atom stereocenters. The summed E-state index contributed by atoms with van der Waals surface area (Å²) in [6.45, 7) is 8.24. The predicted octanol–water partition coefficient (Wildman–Crippen LogP) is 4.27. The second-order valence-corrected chi connectivity index (χ2v) is 7.12. The Bertz CT molecular complexity index is 777. The van der Waals surface area contributed by atoms with E-state index in [4.69, 9.17) is 15.5 Å². The van der Waals surface area contributed by atoms with E-state index in [1.807, 2.05) is 38.1 Å². The quantitative estimate of drug-likeness (QED) is 0.832. The number of ether oxygens (including phenoxy) is 1. The summed E-state index contributed by atoms with van der Waals surface area (Å²) < 4.78 is 37.3. The van der Waals surface area contributed by atoms with Crippen LogP contribution < -0.4 is 0 Å². The monoisotopic (exact) mass is 277 g/mol. The van der Waals surface area contributed by atoms with Gasteiger partial charge in [-0.2, -0.15) is 4.73 Å². The summed E-state index contributed by atoms with van der Waals surface area (Å²) in [7, 11) is -2.49. The zero-order chi connectivity index (χ0) is 17.9. The van der Waals surface area contributed by atoms with Crippen LogP contribution in [0.4, 0.5) is 0 Å². The number of para-hydroxylation sites is 1. The highest BCUT2D eigenvalue weighted by Gasteiger charge is 2.48. The van der Waals surface area contributed by atoms with Gasteiger partial charge in [-0.25, -0.2) is 0 Å². The lowest BCUT2D eigenvalue weighted by Crippen LogP contribution is -2.39. The lowest BCUT2D eigenvalue weighted by atomic mass is 9.63. The molecule has 0 spiro atoms. The molecular weight excluding hydrogens is 250 g/mol. The highest BCUT2D eigenvalue weighted by atomic mass is 16.5. The van der Waals surface area contributed by atoms with Gasteiger partial charge in [0, 0.05) is 23.4 Å². The first-order chi connectivity index (χ1) is 11.0. The van der Waals surface area contributed by atoms with Gasteiger partial charge in [0.1, 0.15) is 0 Å². The summed E-state index contributed by atoms with van der Waals surface area (Å²) in [4.78, 5) is 0.